The summed E-state index contributed by atoms with van der Waals surface area (Å²) >= 11 is 10.0. The Morgan fingerprint density at radius 3 is 2.33 bits per heavy atom. The molecular formula is C24H27ClN4O5S2. The molecule has 1 amide bonds. The van der Waals surface area contributed by atoms with Gasteiger partial charge in [-0.2, -0.15) is 4.31 Å². The molecule has 2 aromatic carbocycles. The Hall–Kier alpha value is -2.86. The van der Waals surface area contributed by atoms with Gasteiger partial charge in [0.2, 0.25) is 15.9 Å². The molecule has 1 atom stereocenters. The Balaban J connectivity index is 1.82. The number of thiol groups is 1. The van der Waals surface area contributed by atoms with Gasteiger partial charge in [0.05, 0.1) is 6.42 Å². The molecule has 1 fully saturated rings. The van der Waals surface area contributed by atoms with Gasteiger partial charge in [-0.15, -0.1) is 12.6 Å². The summed E-state index contributed by atoms with van der Waals surface area (Å²) < 4.78 is 27.2. The maximum Gasteiger partial charge on any atom is 0.305 e. The molecule has 36 heavy (non-hydrogen) atoms. The Labute approximate surface area is 220 Å². The van der Waals surface area contributed by atoms with Crippen LogP contribution >= 0.6 is 24.2 Å². The second kappa shape index (κ2) is 11.5. The summed E-state index contributed by atoms with van der Waals surface area (Å²) in [5.41, 5.74) is 2.03. The second-order valence-corrected chi connectivity index (χ2v) is 11.5. The van der Waals surface area contributed by atoms with Gasteiger partial charge in [0.25, 0.3) is 0 Å². The van der Waals surface area contributed by atoms with Crippen LogP contribution in [0.3, 0.4) is 0 Å². The molecule has 0 saturated carbocycles. The highest BCUT2D eigenvalue weighted by molar-refractivity contribution is 8.09. The minimum atomic E-state index is -4.23. The lowest BCUT2D eigenvalue weighted by Gasteiger charge is -2.39. The summed E-state index contributed by atoms with van der Waals surface area (Å²) in [6.45, 7) is 0.201. The van der Waals surface area contributed by atoms with Crippen molar-refractivity contribution in [1.29, 1.82) is 5.41 Å². The standard InChI is InChI=1S/C24H27ClN4O5S2/c1-27(2)23(26)18-7-3-17(4-8-18)15-28-11-12-29(20(24(28)32)14-21(30)31)36(33,34)22(35)13-16-5-9-19(25)10-6-16/h3-10,13,20,26,35H,11-12,14-15H2,1-2H3,(H,30,31)/b22-13+,26-23?. The highest BCUT2D eigenvalue weighted by Crippen LogP contribution is 2.27. The van der Waals surface area contributed by atoms with Crippen molar-refractivity contribution < 1.29 is 23.1 Å². The van der Waals surface area contributed by atoms with Crippen molar-refractivity contribution in [2.24, 2.45) is 0 Å². The highest BCUT2D eigenvalue weighted by atomic mass is 35.5. The molecule has 0 bridgehead atoms. The van der Waals surface area contributed by atoms with Crippen LogP contribution in [0.5, 0.6) is 0 Å². The number of carboxylic acid groups (broad SMARTS) is 1. The summed E-state index contributed by atoms with van der Waals surface area (Å²) in [4.78, 5) is 27.9. The van der Waals surface area contributed by atoms with E-state index in [0.29, 0.717) is 22.0 Å². The predicted octanol–water partition coefficient (Wildman–Crippen LogP) is 2.97. The van der Waals surface area contributed by atoms with Gasteiger partial charge in [0.1, 0.15) is 16.1 Å². The fourth-order valence-corrected chi connectivity index (χ4v) is 5.70. The molecule has 0 spiro atoms. The number of benzene rings is 2. The zero-order valence-corrected chi connectivity index (χ0v) is 22.2. The van der Waals surface area contributed by atoms with Crippen LogP contribution < -0.4 is 0 Å². The monoisotopic (exact) mass is 550 g/mol. The van der Waals surface area contributed by atoms with Gasteiger partial charge in [-0.3, -0.25) is 15.0 Å². The van der Waals surface area contributed by atoms with Crippen molar-refractivity contribution in [1.82, 2.24) is 14.1 Å². The smallest absolute Gasteiger partial charge is 0.305 e. The number of halogens is 1. The SMILES string of the molecule is CN(C)C(=N)c1ccc(CN2CCN(S(=O)(=O)/C(S)=C/c3ccc(Cl)cc3)C(CC(=O)O)C2=O)cc1. The van der Waals surface area contributed by atoms with E-state index in [1.807, 2.05) is 0 Å². The molecule has 9 nitrogen and oxygen atoms in total. The molecule has 0 aliphatic carbocycles. The third-order valence-corrected chi connectivity index (χ3v) is 8.46. The Morgan fingerprint density at radius 1 is 1.17 bits per heavy atom. The van der Waals surface area contributed by atoms with Crippen LogP contribution in [0.15, 0.2) is 52.8 Å². The lowest BCUT2D eigenvalue weighted by atomic mass is 10.1. The van der Waals surface area contributed by atoms with Crippen LogP contribution in [-0.2, 0) is 26.2 Å². The summed E-state index contributed by atoms with van der Waals surface area (Å²) in [6, 6.07) is 12.2. The van der Waals surface area contributed by atoms with Gasteiger partial charge in [0, 0.05) is 44.3 Å². The fourth-order valence-electron chi connectivity index (χ4n) is 3.76. The molecule has 2 N–H and O–H groups in total. The van der Waals surface area contributed by atoms with Crippen LogP contribution in [0.1, 0.15) is 23.1 Å². The van der Waals surface area contributed by atoms with Gasteiger partial charge in [-0.05, 0) is 29.3 Å². The minimum absolute atomic E-state index is 0.0755. The van der Waals surface area contributed by atoms with Crippen LogP contribution in [0.2, 0.25) is 5.02 Å². The Kier molecular flexibility index (Phi) is 8.83. The molecule has 1 aliphatic rings. The van der Waals surface area contributed by atoms with Crippen molar-refractivity contribution in [2.75, 3.05) is 27.2 Å². The number of amidine groups is 1. The number of aliphatic carboxylic acids is 1. The molecule has 12 heteroatoms. The van der Waals surface area contributed by atoms with Crippen LogP contribution in [-0.4, -0.2) is 78.6 Å². The van der Waals surface area contributed by atoms with E-state index in [2.05, 4.69) is 12.6 Å². The molecule has 3 rings (SSSR count). The zero-order valence-electron chi connectivity index (χ0n) is 19.8. The molecule has 1 saturated heterocycles. The lowest BCUT2D eigenvalue weighted by Crippen LogP contribution is -2.58. The molecule has 192 valence electrons. The summed E-state index contributed by atoms with van der Waals surface area (Å²) in [7, 11) is -0.692. The molecule has 1 heterocycles. The number of piperazine rings is 1. The van der Waals surface area contributed by atoms with Gasteiger partial charge in [-0.25, -0.2) is 8.42 Å². The Morgan fingerprint density at radius 2 is 1.78 bits per heavy atom. The van der Waals surface area contributed by atoms with E-state index in [0.717, 1.165) is 9.87 Å². The third kappa shape index (κ3) is 6.47. The normalized spacial score (nSPS) is 17.2. The maximum atomic E-state index is 13.3. The lowest BCUT2D eigenvalue weighted by molar-refractivity contribution is -0.147. The summed E-state index contributed by atoms with van der Waals surface area (Å²) in [5.74, 6) is -1.54. The number of sulfonamides is 1. The first-order valence-corrected chi connectivity index (χ1v) is 13.2. The Bertz CT molecular complexity index is 1280. The number of rotatable bonds is 8. The van der Waals surface area contributed by atoms with E-state index in [9.17, 15) is 23.1 Å². The van der Waals surface area contributed by atoms with Crippen molar-refractivity contribution in [2.45, 2.75) is 19.0 Å². The van der Waals surface area contributed by atoms with Gasteiger partial charge >= 0.3 is 5.97 Å². The fraction of sp³-hybridized carbons (Fsp3) is 0.292. The number of carboxylic acids is 1. The first-order chi connectivity index (χ1) is 16.9. The van der Waals surface area contributed by atoms with Gasteiger partial charge in [0.15, 0.2) is 0 Å². The molecule has 1 unspecified atom stereocenters. The van der Waals surface area contributed by atoms with Crippen molar-refractivity contribution in [3.63, 3.8) is 0 Å². The van der Waals surface area contributed by atoms with Crippen molar-refractivity contribution >= 4 is 58.0 Å². The number of carbonyl (C=O) groups is 2. The maximum absolute atomic E-state index is 13.3. The quantitative estimate of drug-likeness (QED) is 0.264. The average molecular weight is 551 g/mol. The molecular weight excluding hydrogens is 524 g/mol. The summed E-state index contributed by atoms with van der Waals surface area (Å²) in [6.07, 6.45) is 0.659. The van der Waals surface area contributed by atoms with Crippen LogP contribution in [0.25, 0.3) is 6.08 Å². The molecule has 2 aromatic rings. The number of nitrogens with zero attached hydrogens (tertiary/aromatic N) is 3. The van der Waals surface area contributed by atoms with Crippen molar-refractivity contribution in [3.05, 3.63) is 74.5 Å². The molecule has 1 aliphatic heterocycles. The molecule has 0 aromatic heterocycles. The third-order valence-electron chi connectivity index (χ3n) is 5.68. The van der Waals surface area contributed by atoms with E-state index in [1.165, 1.54) is 11.0 Å². The number of carbonyl (C=O) groups excluding carboxylic acids is 1. The minimum Gasteiger partial charge on any atom is -0.481 e. The second-order valence-electron chi connectivity index (χ2n) is 8.46. The topological polar surface area (TPSA) is 122 Å². The van der Waals surface area contributed by atoms with E-state index < -0.39 is 34.4 Å². The van der Waals surface area contributed by atoms with Gasteiger partial charge in [-0.1, -0.05) is 48.0 Å². The first-order valence-electron chi connectivity index (χ1n) is 10.9. The first kappa shape index (κ1) is 27.7. The number of hydrogen-bond acceptors (Lipinski definition) is 6. The zero-order chi connectivity index (χ0) is 26.6. The summed E-state index contributed by atoms with van der Waals surface area (Å²) in [5, 5.41) is 18.0. The largest absolute Gasteiger partial charge is 0.481 e. The number of amides is 1. The van der Waals surface area contributed by atoms with E-state index >= 15 is 0 Å². The van der Waals surface area contributed by atoms with E-state index in [4.69, 9.17) is 17.0 Å². The van der Waals surface area contributed by atoms with E-state index in [-0.39, 0.29) is 23.9 Å². The average Bonchev–Trinajstić information content (AvgIpc) is 2.82. The molecule has 0 radical (unpaired) electrons. The highest BCUT2D eigenvalue weighted by Gasteiger charge is 2.43. The van der Waals surface area contributed by atoms with E-state index in [1.54, 1.807) is 67.5 Å². The van der Waals surface area contributed by atoms with Crippen molar-refractivity contribution in [3.8, 4) is 0 Å². The number of hydrogen-bond donors (Lipinski definition) is 3. The number of nitrogens with one attached hydrogen (secondary N) is 1. The predicted molar refractivity (Wildman–Crippen MR) is 142 cm³/mol. The van der Waals surface area contributed by atoms with Gasteiger partial charge < -0.3 is 14.9 Å². The van der Waals surface area contributed by atoms with Crippen LogP contribution in [0.4, 0.5) is 0 Å². The van der Waals surface area contributed by atoms with Crippen LogP contribution in [0, 0.1) is 5.41 Å².